The molecule has 8 heteroatoms. The highest BCUT2D eigenvalue weighted by Gasteiger charge is 2.36. The molecule has 8 nitrogen and oxygen atoms in total. The second-order valence-corrected chi connectivity index (χ2v) is 8.97. The number of carbonyl (C=O) groups is 2. The Balaban J connectivity index is 1.53. The minimum Gasteiger partial charge on any atom is -0.394 e. The number of hydrogen-bond donors (Lipinski definition) is 5. The molecule has 188 valence electrons. The molecule has 0 aliphatic heterocycles. The summed E-state index contributed by atoms with van der Waals surface area (Å²) in [6, 6.07) is 25.0. The number of ether oxygens (including phenoxy) is 1. The first kappa shape index (κ1) is 24.8. The third kappa shape index (κ3) is 4.53. The van der Waals surface area contributed by atoms with Crippen LogP contribution in [0.25, 0.3) is 43.1 Å². The van der Waals surface area contributed by atoms with Gasteiger partial charge in [0.1, 0.15) is 18.3 Å². The highest BCUT2D eigenvalue weighted by atomic mass is 16.6. The van der Waals surface area contributed by atoms with Crippen molar-refractivity contribution >= 4 is 55.0 Å². The highest BCUT2D eigenvalue weighted by molar-refractivity contribution is 6.18. The molecule has 4 atom stereocenters. The van der Waals surface area contributed by atoms with E-state index in [0.717, 1.165) is 37.7 Å². The number of rotatable bonds is 6. The van der Waals surface area contributed by atoms with Gasteiger partial charge in [0, 0.05) is 0 Å². The number of esters is 2. The van der Waals surface area contributed by atoms with Crippen molar-refractivity contribution in [1.82, 2.24) is 0 Å². The van der Waals surface area contributed by atoms with Crippen LogP contribution in [-0.2, 0) is 9.53 Å². The van der Waals surface area contributed by atoms with E-state index in [1.54, 1.807) is 6.07 Å². The zero-order valence-corrected chi connectivity index (χ0v) is 19.5. The first-order valence-electron chi connectivity index (χ1n) is 11.7. The summed E-state index contributed by atoms with van der Waals surface area (Å²) in [7, 11) is 0. The van der Waals surface area contributed by atoms with E-state index in [0.29, 0.717) is 5.39 Å². The van der Waals surface area contributed by atoms with Crippen LogP contribution in [0, 0.1) is 0 Å². The molecule has 0 amide bonds. The van der Waals surface area contributed by atoms with Crippen molar-refractivity contribution in [2.24, 2.45) is 0 Å². The van der Waals surface area contributed by atoms with Gasteiger partial charge in [-0.05, 0) is 73.4 Å². The first-order valence-corrected chi connectivity index (χ1v) is 11.7. The van der Waals surface area contributed by atoms with E-state index >= 15 is 0 Å². The van der Waals surface area contributed by atoms with Crippen LogP contribution >= 0.6 is 0 Å². The van der Waals surface area contributed by atoms with Crippen molar-refractivity contribution in [3.05, 3.63) is 84.4 Å². The molecule has 5 aromatic rings. The molecule has 37 heavy (non-hydrogen) atoms. The molecule has 0 aliphatic carbocycles. The molecule has 0 heterocycles. The van der Waals surface area contributed by atoms with Crippen molar-refractivity contribution in [3.8, 4) is 0 Å². The summed E-state index contributed by atoms with van der Waals surface area (Å²) in [6.45, 7) is -0.909. The summed E-state index contributed by atoms with van der Waals surface area (Å²) in [5.74, 6) is -2.56. The SMILES string of the molecule is O=C(OC(=O)[C@H](O)[C@@H](O)[C@H](O)[C@H](O)CO)c1cccc2cc3ccc4cc5ccccc5cc4c3cc12. The monoisotopic (exact) mass is 500 g/mol. The zero-order valence-electron chi connectivity index (χ0n) is 19.5. The maximum atomic E-state index is 12.9. The van der Waals surface area contributed by atoms with Crippen molar-refractivity contribution in [2.75, 3.05) is 6.61 Å². The number of aliphatic hydroxyl groups excluding tert-OH is 5. The third-order valence-corrected chi connectivity index (χ3v) is 6.61. The maximum absolute atomic E-state index is 12.9. The molecule has 0 saturated heterocycles. The smallest absolute Gasteiger partial charge is 0.346 e. The van der Waals surface area contributed by atoms with Crippen LogP contribution in [-0.4, -0.2) is 68.5 Å². The van der Waals surface area contributed by atoms with E-state index in [1.165, 1.54) is 6.07 Å². The van der Waals surface area contributed by atoms with E-state index in [9.17, 15) is 30.0 Å². The molecule has 5 N–H and O–H groups in total. The summed E-state index contributed by atoms with van der Waals surface area (Å²) >= 11 is 0. The van der Waals surface area contributed by atoms with E-state index in [1.807, 2.05) is 54.6 Å². The molecule has 5 aromatic carbocycles. The molecular formula is C29H24O8. The predicted molar refractivity (Wildman–Crippen MR) is 138 cm³/mol. The Morgan fingerprint density at radius 1 is 0.649 bits per heavy atom. The second kappa shape index (κ2) is 9.85. The van der Waals surface area contributed by atoms with Gasteiger partial charge in [-0.15, -0.1) is 0 Å². The standard InChI is InChI=1S/C29H24O8/c30-14-24(31)25(32)26(33)27(34)29(36)37-28(35)20-7-3-6-17-11-19-9-8-18-10-15-4-1-2-5-16(15)12-21(18)23(19)13-22(17)20/h1-13,24-27,30-34H,14H2/t24-,25-,26+,27-/m1/s1. The Labute approximate surface area is 210 Å². The van der Waals surface area contributed by atoms with Gasteiger partial charge in [0.05, 0.1) is 12.2 Å². The molecule has 0 aromatic heterocycles. The van der Waals surface area contributed by atoms with Crippen LogP contribution in [0.1, 0.15) is 10.4 Å². The van der Waals surface area contributed by atoms with E-state index < -0.39 is 43.0 Å². The van der Waals surface area contributed by atoms with Crippen LogP contribution < -0.4 is 0 Å². The van der Waals surface area contributed by atoms with Crippen molar-refractivity contribution in [1.29, 1.82) is 0 Å². The Kier molecular flexibility index (Phi) is 6.59. The lowest BCUT2D eigenvalue weighted by Crippen LogP contribution is -2.49. The van der Waals surface area contributed by atoms with Crippen molar-refractivity contribution in [3.63, 3.8) is 0 Å². The summed E-state index contributed by atoms with van der Waals surface area (Å²) in [5.41, 5.74) is 0.0724. The molecule has 0 unspecified atom stereocenters. The van der Waals surface area contributed by atoms with Gasteiger partial charge in [-0.1, -0.05) is 48.5 Å². The largest absolute Gasteiger partial charge is 0.394 e. The predicted octanol–water partition coefficient (Wildman–Crippen LogP) is 2.42. The number of aliphatic hydroxyl groups is 5. The lowest BCUT2D eigenvalue weighted by molar-refractivity contribution is -0.164. The van der Waals surface area contributed by atoms with Gasteiger partial charge in [0.2, 0.25) is 0 Å². The highest BCUT2D eigenvalue weighted by Crippen LogP contribution is 2.33. The number of fused-ring (bicyclic) bond motifs is 5. The molecule has 0 fully saturated rings. The van der Waals surface area contributed by atoms with Gasteiger partial charge < -0.3 is 30.3 Å². The topological polar surface area (TPSA) is 145 Å². The quantitative estimate of drug-likeness (QED) is 0.103. The fourth-order valence-electron chi connectivity index (χ4n) is 4.57. The number of carbonyl (C=O) groups excluding carboxylic acids is 2. The fraction of sp³-hybridized carbons (Fsp3) is 0.172. The van der Waals surface area contributed by atoms with Crippen molar-refractivity contribution < 1.29 is 39.9 Å². The van der Waals surface area contributed by atoms with Gasteiger partial charge in [-0.25, -0.2) is 9.59 Å². The van der Waals surface area contributed by atoms with E-state index in [-0.39, 0.29) is 5.56 Å². The number of benzene rings is 5. The molecule has 5 rings (SSSR count). The van der Waals surface area contributed by atoms with Crippen molar-refractivity contribution in [2.45, 2.75) is 24.4 Å². The molecule has 0 saturated carbocycles. The number of hydrogen-bond acceptors (Lipinski definition) is 8. The molecule has 0 aliphatic rings. The lowest BCUT2D eigenvalue weighted by atomic mass is 9.94. The Hall–Kier alpha value is -3.92. The Morgan fingerprint density at radius 2 is 1.22 bits per heavy atom. The van der Waals surface area contributed by atoms with Gasteiger partial charge in [0.25, 0.3) is 0 Å². The summed E-state index contributed by atoms with van der Waals surface area (Å²) < 4.78 is 4.81. The van der Waals surface area contributed by atoms with Crippen LogP contribution in [0.4, 0.5) is 0 Å². The lowest BCUT2D eigenvalue weighted by Gasteiger charge is -2.24. The molecule has 0 radical (unpaired) electrons. The summed E-state index contributed by atoms with van der Waals surface area (Å²) in [4.78, 5) is 25.3. The van der Waals surface area contributed by atoms with Gasteiger partial charge in [-0.3, -0.25) is 0 Å². The summed E-state index contributed by atoms with van der Waals surface area (Å²) in [6.07, 6.45) is -8.34. The van der Waals surface area contributed by atoms with Crippen LogP contribution in [0.5, 0.6) is 0 Å². The third-order valence-electron chi connectivity index (χ3n) is 6.61. The first-order chi connectivity index (χ1) is 17.8. The van der Waals surface area contributed by atoms with Gasteiger partial charge in [-0.2, -0.15) is 0 Å². The Morgan fingerprint density at radius 3 is 1.89 bits per heavy atom. The second-order valence-electron chi connectivity index (χ2n) is 8.97. The Bertz CT molecular complexity index is 1660. The van der Waals surface area contributed by atoms with E-state index in [4.69, 9.17) is 9.84 Å². The molecular weight excluding hydrogens is 476 g/mol. The van der Waals surface area contributed by atoms with Gasteiger partial charge in [0.15, 0.2) is 6.10 Å². The molecule has 0 spiro atoms. The normalized spacial score (nSPS) is 15.1. The zero-order chi connectivity index (χ0) is 26.3. The minimum atomic E-state index is -2.33. The molecule has 0 bridgehead atoms. The minimum absolute atomic E-state index is 0.0724. The van der Waals surface area contributed by atoms with Crippen LogP contribution in [0.2, 0.25) is 0 Å². The van der Waals surface area contributed by atoms with Crippen LogP contribution in [0.3, 0.4) is 0 Å². The average molecular weight is 501 g/mol. The van der Waals surface area contributed by atoms with Gasteiger partial charge >= 0.3 is 11.9 Å². The average Bonchev–Trinajstić information content (AvgIpc) is 2.92. The summed E-state index contributed by atoms with van der Waals surface area (Å²) in [5, 5.41) is 55.3. The van der Waals surface area contributed by atoms with Crippen LogP contribution in [0.15, 0.2) is 78.9 Å². The maximum Gasteiger partial charge on any atom is 0.346 e. The fourth-order valence-corrected chi connectivity index (χ4v) is 4.57. The van der Waals surface area contributed by atoms with E-state index in [2.05, 4.69) is 12.1 Å².